The highest BCUT2D eigenvalue weighted by atomic mass is 35.5. The van der Waals surface area contributed by atoms with Crippen LogP contribution in [0.5, 0.6) is 11.5 Å². The second-order valence-corrected chi connectivity index (χ2v) is 7.16. The molecule has 0 aliphatic carbocycles. The fourth-order valence-electron chi connectivity index (χ4n) is 4.04. The summed E-state index contributed by atoms with van der Waals surface area (Å²) in [5, 5.41) is 20.7. The molecule has 150 valence electrons. The number of H-pyrrole nitrogens is 1. The van der Waals surface area contributed by atoms with Gasteiger partial charge in [-0.05, 0) is 29.3 Å². The van der Waals surface area contributed by atoms with Gasteiger partial charge in [0.1, 0.15) is 11.9 Å². The van der Waals surface area contributed by atoms with E-state index in [0.717, 1.165) is 22.2 Å². The fourth-order valence-corrected chi connectivity index (χ4v) is 4.18. The van der Waals surface area contributed by atoms with Crippen LogP contribution in [0.3, 0.4) is 0 Å². The minimum absolute atomic E-state index is 0.273. The van der Waals surface area contributed by atoms with Crippen molar-refractivity contribution in [3.63, 3.8) is 0 Å². The Morgan fingerprint density at radius 3 is 2.66 bits per heavy atom. The number of carbonyl (C=O) groups is 2. The standard InChI is InChI=1S/C21H19ClN2O5/c1-29-21(28)15-9-13-12-4-2-3-5-14(12)23-19(13)20(24(15)18(27)10-22)11-6-7-16(25)17(26)8-11/h2-8,15,20,23,25-26H,9-10H2,1H3/t15-,20?/m1/s1. The first-order valence-corrected chi connectivity index (χ1v) is 9.56. The number of methoxy groups -OCH3 is 1. The van der Waals surface area contributed by atoms with Crippen LogP contribution in [0.25, 0.3) is 10.9 Å². The number of carbonyl (C=O) groups excluding carboxylic acids is 2. The number of alkyl halides is 1. The van der Waals surface area contributed by atoms with Crippen molar-refractivity contribution in [2.75, 3.05) is 13.0 Å². The molecular formula is C21H19ClN2O5. The van der Waals surface area contributed by atoms with Gasteiger partial charge in [0.25, 0.3) is 0 Å². The minimum Gasteiger partial charge on any atom is -0.504 e. The van der Waals surface area contributed by atoms with Gasteiger partial charge in [-0.2, -0.15) is 0 Å². The molecule has 8 heteroatoms. The molecule has 0 spiro atoms. The smallest absolute Gasteiger partial charge is 0.328 e. The van der Waals surface area contributed by atoms with E-state index in [1.165, 1.54) is 24.1 Å². The van der Waals surface area contributed by atoms with E-state index >= 15 is 0 Å². The molecule has 2 heterocycles. The van der Waals surface area contributed by atoms with E-state index in [1.807, 2.05) is 24.3 Å². The molecule has 4 rings (SSSR count). The molecule has 0 radical (unpaired) electrons. The van der Waals surface area contributed by atoms with Crippen molar-refractivity contribution >= 4 is 34.4 Å². The minimum atomic E-state index is -0.876. The summed E-state index contributed by atoms with van der Waals surface area (Å²) < 4.78 is 4.97. The van der Waals surface area contributed by atoms with Gasteiger partial charge in [-0.15, -0.1) is 11.6 Å². The van der Waals surface area contributed by atoms with Gasteiger partial charge in [0, 0.05) is 23.0 Å². The highest BCUT2D eigenvalue weighted by molar-refractivity contribution is 6.27. The van der Waals surface area contributed by atoms with Crippen molar-refractivity contribution in [2.45, 2.75) is 18.5 Å². The van der Waals surface area contributed by atoms with Gasteiger partial charge < -0.3 is 24.8 Å². The third kappa shape index (κ3) is 3.07. The third-order valence-electron chi connectivity index (χ3n) is 5.32. The van der Waals surface area contributed by atoms with Crippen molar-refractivity contribution in [3.8, 4) is 11.5 Å². The molecule has 0 bridgehead atoms. The van der Waals surface area contributed by atoms with Crippen molar-refractivity contribution in [1.29, 1.82) is 0 Å². The first-order chi connectivity index (χ1) is 14.0. The van der Waals surface area contributed by atoms with E-state index in [1.54, 1.807) is 6.07 Å². The van der Waals surface area contributed by atoms with Gasteiger partial charge in [0.2, 0.25) is 5.91 Å². The van der Waals surface area contributed by atoms with E-state index in [0.29, 0.717) is 5.56 Å². The number of hydrogen-bond acceptors (Lipinski definition) is 5. The summed E-state index contributed by atoms with van der Waals surface area (Å²) >= 11 is 5.87. The lowest BCUT2D eigenvalue weighted by Crippen LogP contribution is -2.52. The number of phenolic OH excluding ortho intramolecular Hbond substituents is 2. The first kappa shape index (κ1) is 19.1. The summed E-state index contributed by atoms with van der Waals surface area (Å²) in [6, 6.07) is 10.4. The third-order valence-corrected chi connectivity index (χ3v) is 5.55. The molecule has 1 aliphatic rings. The van der Waals surface area contributed by atoms with Crippen LogP contribution in [0, 0.1) is 0 Å². The van der Waals surface area contributed by atoms with Gasteiger partial charge in [-0.1, -0.05) is 24.3 Å². The molecule has 3 N–H and O–H groups in total. The number of ether oxygens (including phenoxy) is 1. The number of aromatic hydroxyl groups is 2. The molecule has 0 saturated carbocycles. The molecule has 1 amide bonds. The molecule has 3 aromatic rings. The molecule has 0 saturated heterocycles. The zero-order chi connectivity index (χ0) is 20.7. The number of esters is 1. The maximum atomic E-state index is 12.8. The van der Waals surface area contributed by atoms with E-state index in [2.05, 4.69) is 4.98 Å². The number of benzene rings is 2. The summed E-state index contributed by atoms with van der Waals surface area (Å²) in [6.45, 7) is 0. The second-order valence-electron chi connectivity index (χ2n) is 6.89. The average Bonchev–Trinajstić information content (AvgIpc) is 3.11. The van der Waals surface area contributed by atoms with Crippen LogP contribution < -0.4 is 0 Å². The molecule has 29 heavy (non-hydrogen) atoms. The number of para-hydroxylation sites is 1. The highest BCUT2D eigenvalue weighted by Gasteiger charge is 2.43. The van der Waals surface area contributed by atoms with Crippen LogP contribution in [0.4, 0.5) is 0 Å². The van der Waals surface area contributed by atoms with Crippen molar-refractivity contribution in [3.05, 3.63) is 59.3 Å². The first-order valence-electron chi connectivity index (χ1n) is 9.02. The number of amides is 1. The Labute approximate surface area is 171 Å². The zero-order valence-electron chi connectivity index (χ0n) is 15.6. The number of halogens is 1. The Morgan fingerprint density at radius 2 is 1.97 bits per heavy atom. The topological polar surface area (TPSA) is 103 Å². The number of hydrogen-bond donors (Lipinski definition) is 3. The molecular weight excluding hydrogens is 396 g/mol. The molecule has 1 unspecified atom stereocenters. The number of nitrogens with one attached hydrogen (secondary N) is 1. The van der Waals surface area contributed by atoms with Gasteiger partial charge in [0.05, 0.1) is 13.2 Å². The number of phenols is 2. The summed E-state index contributed by atoms with van der Waals surface area (Å²) in [7, 11) is 1.28. The summed E-state index contributed by atoms with van der Waals surface area (Å²) in [5.74, 6) is -1.90. The lowest BCUT2D eigenvalue weighted by Gasteiger charge is -2.40. The Morgan fingerprint density at radius 1 is 1.21 bits per heavy atom. The van der Waals surface area contributed by atoms with Crippen molar-refractivity contribution in [1.82, 2.24) is 9.88 Å². The molecule has 7 nitrogen and oxygen atoms in total. The second kappa shape index (κ2) is 7.33. The largest absolute Gasteiger partial charge is 0.504 e. The van der Waals surface area contributed by atoms with Crippen LogP contribution in [0.1, 0.15) is 22.9 Å². The molecule has 1 aliphatic heterocycles. The van der Waals surface area contributed by atoms with E-state index < -0.39 is 24.0 Å². The quantitative estimate of drug-likeness (QED) is 0.347. The number of aromatic amines is 1. The fraction of sp³-hybridized carbons (Fsp3) is 0.238. The average molecular weight is 415 g/mol. The molecule has 2 aromatic carbocycles. The van der Waals surface area contributed by atoms with Crippen molar-refractivity contribution in [2.24, 2.45) is 0 Å². The molecule has 2 atom stereocenters. The number of rotatable bonds is 3. The summed E-state index contributed by atoms with van der Waals surface area (Å²) in [5.41, 5.74) is 3.02. The predicted molar refractivity (Wildman–Crippen MR) is 107 cm³/mol. The van der Waals surface area contributed by atoms with E-state index in [9.17, 15) is 19.8 Å². The van der Waals surface area contributed by atoms with E-state index in [4.69, 9.17) is 16.3 Å². The van der Waals surface area contributed by atoms with Crippen LogP contribution in [0.15, 0.2) is 42.5 Å². The van der Waals surface area contributed by atoms with Crippen LogP contribution in [-0.2, 0) is 20.7 Å². The monoisotopic (exact) mass is 414 g/mol. The number of nitrogens with zero attached hydrogens (tertiary/aromatic N) is 1. The van der Waals surface area contributed by atoms with Crippen LogP contribution in [0.2, 0.25) is 0 Å². The van der Waals surface area contributed by atoms with Gasteiger partial charge in [-0.3, -0.25) is 4.79 Å². The maximum absolute atomic E-state index is 12.8. The Bertz CT molecular complexity index is 1110. The summed E-state index contributed by atoms with van der Waals surface area (Å²) in [6.07, 6.45) is 0.273. The van der Waals surface area contributed by atoms with Crippen LogP contribution in [-0.4, -0.2) is 51.0 Å². The number of fused-ring (bicyclic) bond motifs is 3. The highest BCUT2D eigenvalue weighted by Crippen LogP contribution is 2.42. The molecule has 0 fully saturated rings. The Balaban J connectivity index is 1.99. The molecule has 1 aromatic heterocycles. The lowest BCUT2D eigenvalue weighted by molar-refractivity contribution is -0.154. The zero-order valence-corrected chi connectivity index (χ0v) is 16.3. The van der Waals surface area contributed by atoms with Gasteiger partial charge in [-0.25, -0.2) is 4.79 Å². The van der Waals surface area contributed by atoms with Crippen LogP contribution >= 0.6 is 11.6 Å². The van der Waals surface area contributed by atoms with Gasteiger partial charge in [0.15, 0.2) is 11.5 Å². The van der Waals surface area contributed by atoms with Crippen molar-refractivity contribution < 1.29 is 24.5 Å². The lowest BCUT2D eigenvalue weighted by atomic mass is 9.87. The predicted octanol–water partition coefficient (Wildman–Crippen LogP) is 2.83. The summed E-state index contributed by atoms with van der Waals surface area (Å²) in [4.78, 5) is 30.2. The van der Waals surface area contributed by atoms with Gasteiger partial charge >= 0.3 is 5.97 Å². The van der Waals surface area contributed by atoms with E-state index in [-0.39, 0.29) is 23.8 Å². The maximum Gasteiger partial charge on any atom is 0.328 e. The number of aromatic nitrogens is 1. The normalized spacial score (nSPS) is 18.5. The Hall–Kier alpha value is -3.19. The SMILES string of the molecule is COC(=O)[C@H]1Cc2c([nH]c3ccccc23)C(c2ccc(O)c(O)c2)N1C(=O)CCl. The Kier molecular flexibility index (Phi) is 4.84.